The van der Waals surface area contributed by atoms with E-state index in [1.54, 1.807) is 6.07 Å². The van der Waals surface area contributed by atoms with Gasteiger partial charge in [0.2, 0.25) is 5.78 Å². The molecule has 0 aliphatic heterocycles. The summed E-state index contributed by atoms with van der Waals surface area (Å²) in [6.45, 7) is 2.00. The first-order valence-corrected chi connectivity index (χ1v) is 10.4. The first-order chi connectivity index (χ1) is 15.1. The maximum Gasteiger partial charge on any atom is 0.255 e. The Morgan fingerprint density at radius 3 is 2.59 bits per heavy atom. The van der Waals surface area contributed by atoms with E-state index in [1.165, 1.54) is 6.07 Å². The van der Waals surface area contributed by atoms with Crippen molar-refractivity contribution in [3.63, 3.8) is 0 Å². The zero-order valence-corrected chi connectivity index (χ0v) is 17.4. The molecule has 1 saturated carbocycles. The van der Waals surface area contributed by atoms with Crippen LogP contribution >= 0.6 is 0 Å². The molecule has 166 valence electrons. The first kappa shape index (κ1) is 21.7. The number of unbranched alkanes of at least 4 members (excludes halogenated alkanes) is 1. The number of aliphatic hydroxyl groups excluding tert-OH is 2. The average molecular weight is 437 g/mol. The van der Waals surface area contributed by atoms with Crippen molar-refractivity contribution >= 4 is 23.2 Å². The number of phenolic OH excluding ortho intramolecular Hbond substituents is 1. The molecule has 0 spiro atoms. The minimum atomic E-state index is -2.55. The molecule has 0 unspecified atom stereocenters. The molecule has 0 aromatic heterocycles. The summed E-state index contributed by atoms with van der Waals surface area (Å²) in [7, 11) is 0. The summed E-state index contributed by atoms with van der Waals surface area (Å²) in [4.78, 5) is 37.4. The molecule has 1 aromatic carbocycles. The molecule has 0 heterocycles. The molecule has 0 bridgehead atoms. The molecule has 4 rings (SSSR count). The lowest BCUT2D eigenvalue weighted by atomic mass is 9.59. The number of aliphatic hydroxyl groups is 3. The number of benzene rings is 1. The van der Waals surface area contributed by atoms with Gasteiger partial charge in [0.25, 0.3) is 5.91 Å². The van der Waals surface area contributed by atoms with E-state index in [0.29, 0.717) is 17.5 Å². The molecule has 0 saturated heterocycles. The lowest BCUT2D eigenvalue weighted by molar-refractivity contribution is -0.147. The lowest BCUT2D eigenvalue weighted by Crippen LogP contribution is -2.58. The van der Waals surface area contributed by atoms with Crippen molar-refractivity contribution < 1.29 is 34.8 Å². The van der Waals surface area contributed by atoms with Gasteiger partial charge in [-0.2, -0.15) is 0 Å². The summed E-state index contributed by atoms with van der Waals surface area (Å²) in [6.07, 6.45) is 1.55. The Kier molecular flexibility index (Phi) is 5.10. The molecule has 3 atom stereocenters. The van der Waals surface area contributed by atoms with E-state index in [2.05, 4.69) is 11.8 Å². The minimum absolute atomic E-state index is 0.0560. The number of carbonyl (C=O) groups is 3. The summed E-state index contributed by atoms with van der Waals surface area (Å²) >= 11 is 0. The number of nitrogens with two attached hydrogens (primary N) is 1. The highest BCUT2D eigenvalue weighted by atomic mass is 16.3. The quantitative estimate of drug-likeness (QED) is 0.347. The fraction of sp³-hybridized carbons (Fsp3) is 0.375. The number of carbonyl (C=O) groups excluding carboxylic acids is 3. The van der Waals surface area contributed by atoms with Crippen molar-refractivity contribution in [3.05, 3.63) is 45.7 Å². The smallest absolute Gasteiger partial charge is 0.255 e. The fourth-order valence-electron chi connectivity index (χ4n) is 5.02. The molecule has 1 fully saturated rings. The Bertz CT molecular complexity index is 1200. The Hall–Kier alpha value is -3.57. The molecule has 3 aliphatic rings. The van der Waals surface area contributed by atoms with Crippen molar-refractivity contribution in [1.29, 1.82) is 0 Å². The van der Waals surface area contributed by atoms with E-state index < -0.39 is 52.0 Å². The molecule has 0 radical (unpaired) electrons. The summed E-state index contributed by atoms with van der Waals surface area (Å²) in [5, 5.41) is 43.2. The Morgan fingerprint density at radius 1 is 1.22 bits per heavy atom. The van der Waals surface area contributed by atoms with Gasteiger partial charge in [-0.1, -0.05) is 18.8 Å². The maximum atomic E-state index is 13.4. The Balaban J connectivity index is 1.90. The predicted molar refractivity (Wildman–Crippen MR) is 113 cm³/mol. The van der Waals surface area contributed by atoms with Crippen LogP contribution in [0.3, 0.4) is 0 Å². The first-order valence-electron chi connectivity index (χ1n) is 10.4. The molecule has 8 nitrogen and oxygen atoms in total. The van der Waals surface area contributed by atoms with Gasteiger partial charge in [-0.3, -0.25) is 14.4 Å². The normalized spacial score (nSPS) is 26.7. The second kappa shape index (κ2) is 7.53. The third kappa shape index (κ3) is 2.93. The van der Waals surface area contributed by atoms with Crippen LogP contribution < -0.4 is 5.73 Å². The molecule has 1 amide bonds. The monoisotopic (exact) mass is 437 g/mol. The molecule has 6 N–H and O–H groups in total. The third-order valence-corrected chi connectivity index (χ3v) is 6.55. The lowest BCUT2D eigenvalue weighted by Gasteiger charge is -2.46. The molecule has 3 aliphatic carbocycles. The highest BCUT2D eigenvalue weighted by Crippen LogP contribution is 2.52. The topological polar surface area (TPSA) is 158 Å². The van der Waals surface area contributed by atoms with Crippen molar-refractivity contribution in [3.8, 4) is 17.6 Å². The number of fused-ring (bicyclic) bond motifs is 3. The summed E-state index contributed by atoms with van der Waals surface area (Å²) in [5.41, 5.74) is 2.92. The number of rotatable bonds is 2. The number of hydrogen-bond acceptors (Lipinski definition) is 7. The van der Waals surface area contributed by atoms with Gasteiger partial charge < -0.3 is 26.2 Å². The van der Waals surface area contributed by atoms with Crippen LogP contribution in [-0.4, -0.2) is 43.5 Å². The van der Waals surface area contributed by atoms with Crippen molar-refractivity contribution in [2.75, 3.05) is 0 Å². The molecule has 1 aromatic rings. The van der Waals surface area contributed by atoms with Crippen LogP contribution in [0.1, 0.15) is 49.3 Å². The van der Waals surface area contributed by atoms with E-state index in [9.17, 15) is 34.8 Å². The van der Waals surface area contributed by atoms with Gasteiger partial charge >= 0.3 is 0 Å². The van der Waals surface area contributed by atoms with Gasteiger partial charge in [0, 0.05) is 29.9 Å². The van der Waals surface area contributed by atoms with Crippen molar-refractivity contribution in [2.24, 2.45) is 17.6 Å². The number of amides is 1. The van der Waals surface area contributed by atoms with E-state index in [0.717, 1.165) is 6.42 Å². The van der Waals surface area contributed by atoms with Gasteiger partial charge in [0.1, 0.15) is 22.8 Å². The van der Waals surface area contributed by atoms with Gasteiger partial charge in [0.05, 0.1) is 5.56 Å². The van der Waals surface area contributed by atoms with Crippen LogP contribution in [0.2, 0.25) is 0 Å². The Morgan fingerprint density at radius 2 is 1.94 bits per heavy atom. The maximum absolute atomic E-state index is 13.4. The van der Waals surface area contributed by atoms with E-state index in [-0.39, 0.29) is 36.1 Å². The molecular weight excluding hydrogens is 414 g/mol. The third-order valence-electron chi connectivity index (χ3n) is 6.55. The standard InChI is InChI=1S/C24H23NO7/c1-2-3-4-5-11-6-7-15(26)18-14(11)9-12-8-13-10-16(27)19(23(25)31)22(30)24(13,32)21(29)17(12)20(18)28/h6-7,12-13,26,28,30,32H,2-3,8-10H2,1H3,(H2,25,31)/t12-,13+,24+/m1/s1. The molecular formula is C24H23NO7. The van der Waals surface area contributed by atoms with Crippen LogP contribution in [-0.2, 0) is 20.8 Å². The zero-order chi connectivity index (χ0) is 23.4. The van der Waals surface area contributed by atoms with E-state index >= 15 is 0 Å². The van der Waals surface area contributed by atoms with Crippen molar-refractivity contribution in [1.82, 2.24) is 0 Å². The van der Waals surface area contributed by atoms with Crippen LogP contribution in [0.4, 0.5) is 0 Å². The number of hydrogen-bond donors (Lipinski definition) is 5. The zero-order valence-electron chi connectivity index (χ0n) is 17.4. The van der Waals surface area contributed by atoms with Crippen molar-refractivity contribution in [2.45, 2.75) is 44.6 Å². The Labute approximate surface area is 184 Å². The highest BCUT2D eigenvalue weighted by Gasteiger charge is 2.60. The summed E-state index contributed by atoms with van der Waals surface area (Å²) < 4.78 is 0. The van der Waals surface area contributed by atoms with E-state index in [4.69, 9.17) is 5.73 Å². The van der Waals surface area contributed by atoms with E-state index in [1.807, 2.05) is 6.92 Å². The van der Waals surface area contributed by atoms with Gasteiger partial charge in [-0.15, -0.1) is 0 Å². The van der Waals surface area contributed by atoms with Crippen LogP contribution in [0.5, 0.6) is 5.75 Å². The second-order valence-corrected chi connectivity index (χ2v) is 8.44. The number of aromatic hydroxyl groups is 1. The van der Waals surface area contributed by atoms with Gasteiger partial charge in [-0.05, 0) is 42.9 Å². The van der Waals surface area contributed by atoms with Crippen LogP contribution in [0.15, 0.2) is 29.0 Å². The minimum Gasteiger partial charge on any atom is -0.508 e. The SMILES string of the molecule is CCCC#Cc1ccc(O)c2c1C[C@H]1C[C@H]3CC(=O)C(C(N)=O)=C(O)[C@@]3(O)C(=O)C1=C2O. The van der Waals surface area contributed by atoms with Gasteiger partial charge in [0.15, 0.2) is 11.4 Å². The summed E-state index contributed by atoms with van der Waals surface area (Å²) in [6, 6.07) is 3.02. The van der Waals surface area contributed by atoms with Crippen LogP contribution in [0, 0.1) is 23.7 Å². The molecule has 8 heteroatoms. The van der Waals surface area contributed by atoms with Crippen LogP contribution in [0.25, 0.3) is 5.76 Å². The number of Topliss-reactive ketones (excluding diaryl/α,β-unsaturated/α-hetero) is 2. The number of phenols is 1. The number of primary amides is 1. The number of ketones is 2. The predicted octanol–water partition coefficient (Wildman–Crippen LogP) is 1.58. The molecule has 32 heavy (non-hydrogen) atoms. The second-order valence-electron chi connectivity index (χ2n) is 8.44. The fourth-order valence-corrected chi connectivity index (χ4v) is 5.02. The van der Waals surface area contributed by atoms with Gasteiger partial charge in [-0.25, -0.2) is 0 Å². The largest absolute Gasteiger partial charge is 0.508 e. The highest BCUT2D eigenvalue weighted by molar-refractivity contribution is 6.22. The average Bonchev–Trinajstić information content (AvgIpc) is 2.72. The summed E-state index contributed by atoms with van der Waals surface area (Å²) in [5.74, 6) is -0.299.